The van der Waals surface area contributed by atoms with E-state index < -0.39 is 0 Å². The predicted molar refractivity (Wildman–Crippen MR) is 84.6 cm³/mol. The summed E-state index contributed by atoms with van der Waals surface area (Å²) < 4.78 is 0. The summed E-state index contributed by atoms with van der Waals surface area (Å²) in [5, 5.41) is 17.4. The first-order chi connectivity index (χ1) is 10.8. The molecule has 6 heteroatoms. The summed E-state index contributed by atoms with van der Waals surface area (Å²) in [7, 11) is 1.98. The topological polar surface area (TPSA) is 68.9 Å². The second kappa shape index (κ2) is 6.39. The fourth-order valence-corrected chi connectivity index (χ4v) is 2.96. The molecule has 1 fully saturated rings. The van der Waals surface area contributed by atoms with Crippen molar-refractivity contribution in [2.24, 2.45) is 0 Å². The van der Waals surface area contributed by atoms with Gasteiger partial charge in [0.1, 0.15) is 11.9 Å². The third kappa shape index (κ3) is 2.84. The maximum absolute atomic E-state index is 9.21. The number of nitrogens with zero attached hydrogens (tertiary/aromatic N) is 6. The van der Waals surface area contributed by atoms with Gasteiger partial charge in [-0.15, -0.1) is 5.10 Å². The van der Waals surface area contributed by atoms with Crippen molar-refractivity contribution < 1.29 is 0 Å². The van der Waals surface area contributed by atoms with Crippen molar-refractivity contribution in [1.29, 1.82) is 5.26 Å². The van der Waals surface area contributed by atoms with E-state index in [4.69, 9.17) is 0 Å². The van der Waals surface area contributed by atoms with Crippen LogP contribution in [-0.2, 0) is 0 Å². The number of anilines is 2. The van der Waals surface area contributed by atoms with E-state index in [0.29, 0.717) is 11.6 Å². The number of nitriles is 1. The molecule has 0 saturated carbocycles. The van der Waals surface area contributed by atoms with Gasteiger partial charge in [-0.1, -0.05) is 0 Å². The Balaban J connectivity index is 1.76. The van der Waals surface area contributed by atoms with Gasteiger partial charge in [-0.05, 0) is 37.1 Å². The lowest BCUT2D eigenvalue weighted by atomic mass is 10.2. The Bertz CT molecular complexity index is 666. The Hall–Kier alpha value is -2.68. The molecule has 1 aliphatic rings. The fourth-order valence-electron chi connectivity index (χ4n) is 2.96. The first-order valence-corrected chi connectivity index (χ1v) is 7.40. The lowest BCUT2D eigenvalue weighted by molar-refractivity contribution is 0.643. The minimum atomic E-state index is 0.357. The molecular weight excluding hydrogens is 276 g/mol. The quantitative estimate of drug-likeness (QED) is 0.857. The highest BCUT2D eigenvalue weighted by Crippen LogP contribution is 2.25. The van der Waals surface area contributed by atoms with Crippen molar-refractivity contribution in [3.8, 4) is 6.07 Å². The zero-order valence-electron chi connectivity index (χ0n) is 12.6. The van der Waals surface area contributed by atoms with Gasteiger partial charge < -0.3 is 9.80 Å². The van der Waals surface area contributed by atoms with Gasteiger partial charge in [0, 0.05) is 38.6 Å². The molecule has 2 aromatic rings. The van der Waals surface area contributed by atoms with Crippen molar-refractivity contribution in [1.82, 2.24) is 15.2 Å². The predicted octanol–water partition coefficient (Wildman–Crippen LogP) is 1.85. The summed E-state index contributed by atoms with van der Waals surface area (Å²) in [6.07, 6.45) is 5.66. The number of aromatic nitrogens is 3. The van der Waals surface area contributed by atoms with Gasteiger partial charge >= 0.3 is 0 Å². The van der Waals surface area contributed by atoms with E-state index in [-0.39, 0.29) is 0 Å². The Morgan fingerprint density at radius 1 is 1.36 bits per heavy atom. The van der Waals surface area contributed by atoms with E-state index >= 15 is 0 Å². The Morgan fingerprint density at radius 3 is 3.00 bits per heavy atom. The van der Waals surface area contributed by atoms with Crippen molar-refractivity contribution in [2.75, 3.05) is 29.9 Å². The van der Waals surface area contributed by atoms with Crippen LogP contribution in [0.5, 0.6) is 0 Å². The minimum absolute atomic E-state index is 0.357. The van der Waals surface area contributed by atoms with Gasteiger partial charge in [-0.2, -0.15) is 10.4 Å². The van der Waals surface area contributed by atoms with Gasteiger partial charge in [0.15, 0.2) is 5.82 Å². The Labute approximate surface area is 130 Å². The van der Waals surface area contributed by atoms with E-state index in [9.17, 15) is 5.26 Å². The van der Waals surface area contributed by atoms with Crippen molar-refractivity contribution in [3.05, 3.63) is 42.2 Å². The molecule has 112 valence electrons. The van der Waals surface area contributed by atoms with Gasteiger partial charge in [-0.25, -0.2) is 4.98 Å². The monoisotopic (exact) mass is 294 g/mol. The van der Waals surface area contributed by atoms with Gasteiger partial charge in [0.2, 0.25) is 0 Å². The molecule has 22 heavy (non-hydrogen) atoms. The lowest BCUT2D eigenvalue weighted by Gasteiger charge is -2.30. The largest absolute Gasteiger partial charge is 0.357 e. The molecule has 0 bridgehead atoms. The zero-order chi connectivity index (χ0) is 15.4. The molecule has 1 atom stereocenters. The van der Waals surface area contributed by atoms with Crippen molar-refractivity contribution in [2.45, 2.75) is 18.9 Å². The average molecular weight is 294 g/mol. The van der Waals surface area contributed by atoms with E-state index in [2.05, 4.69) is 31.1 Å². The first-order valence-electron chi connectivity index (χ1n) is 7.40. The average Bonchev–Trinajstić information content (AvgIpc) is 3.03. The van der Waals surface area contributed by atoms with Crippen LogP contribution >= 0.6 is 0 Å². The van der Waals surface area contributed by atoms with Crippen LogP contribution in [0.1, 0.15) is 18.4 Å². The van der Waals surface area contributed by atoms with Crippen molar-refractivity contribution >= 4 is 11.6 Å². The lowest BCUT2D eigenvalue weighted by Crippen LogP contribution is -2.40. The number of rotatable bonds is 4. The zero-order valence-corrected chi connectivity index (χ0v) is 12.6. The third-order valence-corrected chi connectivity index (χ3v) is 3.98. The molecule has 1 unspecified atom stereocenters. The van der Waals surface area contributed by atoms with Crippen LogP contribution in [0.25, 0.3) is 0 Å². The molecular formula is C16H18N6. The maximum atomic E-state index is 9.21. The highest BCUT2D eigenvalue weighted by atomic mass is 15.3. The molecule has 0 spiro atoms. The van der Waals surface area contributed by atoms with E-state index in [0.717, 1.165) is 37.6 Å². The van der Waals surface area contributed by atoms with Crippen LogP contribution < -0.4 is 9.80 Å². The number of likely N-dealkylation sites (N-methyl/N-ethyl adjacent to an activating group) is 1. The second-order valence-electron chi connectivity index (χ2n) is 5.44. The summed E-state index contributed by atoms with van der Waals surface area (Å²) >= 11 is 0. The van der Waals surface area contributed by atoms with Crippen LogP contribution in [0.3, 0.4) is 0 Å². The summed E-state index contributed by atoms with van der Waals surface area (Å²) in [6, 6.07) is 10.1. The van der Waals surface area contributed by atoms with Gasteiger partial charge in [0.25, 0.3) is 0 Å². The summed E-state index contributed by atoms with van der Waals surface area (Å²) in [5.41, 5.74) is 0.606. The Morgan fingerprint density at radius 2 is 2.23 bits per heavy atom. The standard InChI is InChI=1S/C16H18N6/c1-21(16-13(11-17)5-2-8-18-16)12-14-6-4-10-22(14)15-7-3-9-19-20-15/h2-3,5,7-9,14H,4,6,10,12H2,1H3. The summed E-state index contributed by atoms with van der Waals surface area (Å²) in [4.78, 5) is 8.69. The maximum Gasteiger partial charge on any atom is 0.151 e. The molecule has 0 radical (unpaired) electrons. The smallest absolute Gasteiger partial charge is 0.151 e. The van der Waals surface area contributed by atoms with Crippen LogP contribution in [-0.4, -0.2) is 41.4 Å². The molecule has 0 aliphatic carbocycles. The van der Waals surface area contributed by atoms with Crippen LogP contribution in [0.15, 0.2) is 36.7 Å². The highest BCUT2D eigenvalue weighted by molar-refractivity contribution is 5.53. The van der Waals surface area contributed by atoms with E-state index in [1.54, 1.807) is 24.5 Å². The molecule has 3 heterocycles. The molecule has 6 nitrogen and oxygen atoms in total. The Kier molecular flexibility index (Phi) is 4.15. The molecule has 1 aliphatic heterocycles. The summed E-state index contributed by atoms with van der Waals surface area (Å²) in [5.74, 6) is 1.65. The minimum Gasteiger partial charge on any atom is -0.357 e. The molecule has 2 aromatic heterocycles. The molecule has 1 saturated heterocycles. The fraction of sp³-hybridized carbons (Fsp3) is 0.375. The first kappa shape index (κ1) is 14.3. The SMILES string of the molecule is CN(CC1CCCN1c1cccnn1)c1ncccc1C#N. The van der Waals surface area contributed by atoms with Crippen LogP contribution in [0.4, 0.5) is 11.6 Å². The van der Waals surface area contributed by atoms with Gasteiger partial charge in [-0.3, -0.25) is 0 Å². The normalized spacial score (nSPS) is 17.3. The van der Waals surface area contributed by atoms with Gasteiger partial charge in [0.05, 0.1) is 5.56 Å². The van der Waals surface area contributed by atoms with Crippen LogP contribution in [0.2, 0.25) is 0 Å². The third-order valence-electron chi connectivity index (χ3n) is 3.98. The molecule has 0 N–H and O–H groups in total. The molecule has 0 aromatic carbocycles. The van der Waals surface area contributed by atoms with E-state index in [1.807, 2.05) is 19.2 Å². The van der Waals surface area contributed by atoms with E-state index in [1.165, 1.54) is 0 Å². The molecule has 0 amide bonds. The van der Waals surface area contributed by atoms with Crippen LogP contribution in [0, 0.1) is 11.3 Å². The summed E-state index contributed by atoms with van der Waals surface area (Å²) in [6.45, 7) is 1.80. The number of hydrogen-bond acceptors (Lipinski definition) is 6. The number of hydrogen-bond donors (Lipinski definition) is 0. The molecule has 3 rings (SSSR count). The second-order valence-corrected chi connectivity index (χ2v) is 5.44. The van der Waals surface area contributed by atoms with Crippen molar-refractivity contribution in [3.63, 3.8) is 0 Å². The number of pyridine rings is 1. The highest BCUT2D eigenvalue weighted by Gasteiger charge is 2.27.